The maximum atomic E-state index is 4.48. The topological polar surface area (TPSA) is 29.9 Å². The fraction of sp³-hybridized carbons (Fsp3) is 0.438. The van der Waals surface area contributed by atoms with E-state index in [1.807, 2.05) is 6.20 Å². The zero-order valence-corrected chi connectivity index (χ0v) is 11.5. The fourth-order valence-corrected chi connectivity index (χ4v) is 2.96. The standard InChI is InChI=1S/C16H21N3/c1-2-13-7-3-6-10-15(13)18-16-17-11-12-19(16)14-8-4-5-9-14/h3,6-7,10-12,14H,2,4-5,8-9H2,1H3,(H,17,18). The van der Waals surface area contributed by atoms with Gasteiger partial charge in [-0.2, -0.15) is 0 Å². The van der Waals surface area contributed by atoms with Crippen molar-refractivity contribution < 1.29 is 0 Å². The third-order valence-corrected chi connectivity index (χ3v) is 4.03. The molecular weight excluding hydrogens is 234 g/mol. The minimum Gasteiger partial charge on any atom is -0.325 e. The number of benzene rings is 1. The summed E-state index contributed by atoms with van der Waals surface area (Å²) in [6.45, 7) is 2.18. The van der Waals surface area contributed by atoms with Crippen LogP contribution in [-0.2, 0) is 6.42 Å². The first-order valence-electron chi connectivity index (χ1n) is 7.26. The Labute approximate surface area is 114 Å². The van der Waals surface area contributed by atoms with Gasteiger partial charge in [0, 0.05) is 24.1 Å². The van der Waals surface area contributed by atoms with E-state index in [0.29, 0.717) is 6.04 Å². The molecule has 1 saturated carbocycles. The summed E-state index contributed by atoms with van der Waals surface area (Å²) in [6.07, 6.45) is 10.3. The van der Waals surface area contributed by atoms with Crippen molar-refractivity contribution in [2.45, 2.75) is 45.1 Å². The van der Waals surface area contributed by atoms with Crippen LogP contribution in [0.3, 0.4) is 0 Å². The average molecular weight is 255 g/mol. The lowest BCUT2D eigenvalue weighted by atomic mass is 10.1. The number of nitrogens with one attached hydrogen (secondary N) is 1. The Morgan fingerprint density at radius 3 is 2.84 bits per heavy atom. The third kappa shape index (κ3) is 2.50. The van der Waals surface area contributed by atoms with Crippen LogP contribution >= 0.6 is 0 Å². The molecule has 1 aliphatic rings. The first-order valence-corrected chi connectivity index (χ1v) is 7.26. The van der Waals surface area contributed by atoms with Gasteiger partial charge in [-0.1, -0.05) is 38.0 Å². The third-order valence-electron chi connectivity index (χ3n) is 4.03. The number of hydrogen-bond acceptors (Lipinski definition) is 2. The molecule has 1 aromatic heterocycles. The van der Waals surface area contributed by atoms with Gasteiger partial charge in [0.05, 0.1) is 0 Å². The van der Waals surface area contributed by atoms with Crippen molar-refractivity contribution in [2.24, 2.45) is 0 Å². The van der Waals surface area contributed by atoms with Crippen LogP contribution in [0, 0.1) is 0 Å². The largest absolute Gasteiger partial charge is 0.325 e. The van der Waals surface area contributed by atoms with Crippen molar-refractivity contribution in [1.82, 2.24) is 9.55 Å². The quantitative estimate of drug-likeness (QED) is 0.882. The zero-order chi connectivity index (χ0) is 13.1. The second kappa shape index (κ2) is 5.47. The summed E-state index contributed by atoms with van der Waals surface area (Å²) < 4.78 is 2.31. The molecule has 0 spiro atoms. The summed E-state index contributed by atoms with van der Waals surface area (Å²) in [5.74, 6) is 0.979. The lowest BCUT2D eigenvalue weighted by molar-refractivity contribution is 0.525. The summed E-state index contributed by atoms with van der Waals surface area (Å²) >= 11 is 0. The number of para-hydroxylation sites is 1. The number of nitrogens with zero attached hydrogens (tertiary/aromatic N) is 2. The molecular formula is C16H21N3. The Morgan fingerprint density at radius 1 is 1.26 bits per heavy atom. The van der Waals surface area contributed by atoms with Gasteiger partial charge in [-0.15, -0.1) is 0 Å². The van der Waals surface area contributed by atoms with Crippen LogP contribution in [-0.4, -0.2) is 9.55 Å². The summed E-state index contributed by atoms with van der Waals surface area (Å²) in [5.41, 5.74) is 2.51. The molecule has 0 aliphatic heterocycles. The maximum absolute atomic E-state index is 4.48. The maximum Gasteiger partial charge on any atom is 0.207 e. The molecule has 1 heterocycles. The van der Waals surface area contributed by atoms with Crippen molar-refractivity contribution in [3.8, 4) is 0 Å². The van der Waals surface area contributed by atoms with Crippen LogP contribution in [0.15, 0.2) is 36.7 Å². The van der Waals surface area contributed by atoms with Crippen LogP contribution in [0.5, 0.6) is 0 Å². The molecule has 3 rings (SSSR count). The number of anilines is 2. The van der Waals surface area contributed by atoms with E-state index in [4.69, 9.17) is 0 Å². The number of rotatable bonds is 4. The van der Waals surface area contributed by atoms with Gasteiger partial charge in [0.25, 0.3) is 0 Å². The second-order valence-corrected chi connectivity index (χ2v) is 5.23. The van der Waals surface area contributed by atoms with Crippen LogP contribution in [0.1, 0.15) is 44.2 Å². The Bertz CT molecular complexity index is 538. The van der Waals surface area contributed by atoms with Crippen molar-refractivity contribution in [1.29, 1.82) is 0 Å². The monoisotopic (exact) mass is 255 g/mol. The fourth-order valence-electron chi connectivity index (χ4n) is 2.96. The molecule has 0 saturated heterocycles. The number of imidazole rings is 1. The molecule has 19 heavy (non-hydrogen) atoms. The average Bonchev–Trinajstić information content (AvgIpc) is 3.09. The van der Waals surface area contributed by atoms with Gasteiger partial charge in [0.2, 0.25) is 5.95 Å². The van der Waals surface area contributed by atoms with E-state index in [9.17, 15) is 0 Å². The lowest BCUT2D eigenvalue weighted by Gasteiger charge is -2.17. The first kappa shape index (κ1) is 12.3. The Morgan fingerprint density at radius 2 is 2.05 bits per heavy atom. The minimum atomic E-state index is 0.624. The Kier molecular flexibility index (Phi) is 3.53. The van der Waals surface area contributed by atoms with E-state index < -0.39 is 0 Å². The molecule has 1 fully saturated rings. The molecule has 0 atom stereocenters. The van der Waals surface area contributed by atoms with Crippen LogP contribution < -0.4 is 5.32 Å². The van der Waals surface area contributed by atoms with Gasteiger partial charge in [-0.3, -0.25) is 0 Å². The van der Waals surface area contributed by atoms with Crippen molar-refractivity contribution in [3.05, 3.63) is 42.2 Å². The molecule has 2 aromatic rings. The first-order chi connectivity index (χ1) is 9.38. The van der Waals surface area contributed by atoms with Gasteiger partial charge >= 0.3 is 0 Å². The van der Waals surface area contributed by atoms with Crippen molar-refractivity contribution >= 4 is 11.6 Å². The predicted octanol–water partition coefficient (Wildman–Crippen LogP) is 4.30. The molecule has 1 N–H and O–H groups in total. The van der Waals surface area contributed by atoms with Crippen molar-refractivity contribution in [3.63, 3.8) is 0 Å². The molecule has 3 heteroatoms. The van der Waals surface area contributed by atoms with Crippen LogP contribution in [0.4, 0.5) is 11.6 Å². The smallest absolute Gasteiger partial charge is 0.207 e. The summed E-state index contributed by atoms with van der Waals surface area (Å²) in [7, 11) is 0. The molecule has 0 amide bonds. The van der Waals surface area contributed by atoms with Gasteiger partial charge in [0.15, 0.2) is 0 Å². The Hall–Kier alpha value is -1.77. The molecule has 1 aliphatic carbocycles. The number of hydrogen-bond donors (Lipinski definition) is 1. The molecule has 1 aromatic carbocycles. The molecule has 3 nitrogen and oxygen atoms in total. The highest BCUT2D eigenvalue weighted by Gasteiger charge is 2.19. The van der Waals surface area contributed by atoms with E-state index in [2.05, 4.69) is 52.3 Å². The van der Waals surface area contributed by atoms with Crippen LogP contribution in [0.2, 0.25) is 0 Å². The van der Waals surface area contributed by atoms with Gasteiger partial charge in [0.1, 0.15) is 0 Å². The van der Waals surface area contributed by atoms with Gasteiger partial charge in [-0.05, 0) is 30.9 Å². The van der Waals surface area contributed by atoms with Gasteiger partial charge < -0.3 is 9.88 Å². The summed E-state index contributed by atoms with van der Waals surface area (Å²) in [6, 6.07) is 9.09. The minimum absolute atomic E-state index is 0.624. The van der Waals surface area contributed by atoms with E-state index in [0.717, 1.165) is 12.4 Å². The summed E-state index contributed by atoms with van der Waals surface area (Å²) in [5, 5.41) is 3.50. The number of aryl methyl sites for hydroxylation is 1. The molecule has 0 unspecified atom stereocenters. The van der Waals surface area contributed by atoms with E-state index in [1.54, 1.807) is 0 Å². The van der Waals surface area contributed by atoms with E-state index in [1.165, 1.54) is 36.9 Å². The second-order valence-electron chi connectivity index (χ2n) is 5.23. The van der Waals surface area contributed by atoms with E-state index in [-0.39, 0.29) is 0 Å². The molecule has 100 valence electrons. The number of aromatic nitrogens is 2. The lowest BCUT2D eigenvalue weighted by Crippen LogP contribution is -2.08. The highest BCUT2D eigenvalue weighted by Crippen LogP contribution is 2.32. The Balaban J connectivity index is 1.85. The van der Waals surface area contributed by atoms with Crippen molar-refractivity contribution in [2.75, 3.05) is 5.32 Å². The molecule has 0 radical (unpaired) electrons. The molecule has 0 bridgehead atoms. The highest BCUT2D eigenvalue weighted by molar-refractivity contribution is 5.58. The normalized spacial score (nSPS) is 15.8. The predicted molar refractivity (Wildman–Crippen MR) is 78.8 cm³/mol. The zero-order valence-electron chi connectivity index (χ0n) is 11.5. The van der Waals surface area contributed by atoms with Gasteiger partial charge in [-0.25, -0.2) is 4.98 Å². The highest BCUT2D eigenvalue weighted by atomic mass is 15.2. The van der Waals surface area contributed by atoms with E-state index >= 15 is 0 Å². The SMILES string of the molecule is CCc1ccccc1Nc1nccn1C1CCCC1. The van der Waals surface area contributed by atoms with Crippen LogP contribution in [0.25, 0.3) is 0 Å². The summed E-state index contributed by atoms with van der Waals surface area (Å²) in [4.78, 5) is 4.48.